The fraction of sp³-hybridized carbons (Fsp3) is 0.750. The standard InChI is InChI=1S/C8H14O/c1-3-7-4-5-8(6-7)9-2/h5,7H,3-4,6H2,1-2H3. The van der Waals surface area contributed by atoms with Crippen LogP contribution in [0.1, 0.15) is 26.2 Å². The molecule has 0 radical (unpaired) electrons. The van der Waals surface area contributed by atoms with E-state index in [2.05, 4.69) is 13.0 Å². The maximum absolute atomic E-state index is 5.10. The molecule has 1 aliphatic rings. The van der Waals surface area contributed by atoms with Crippen LogP contribution < -0.4 is 0 Å². The zero-order chi connectivity index (χ0) is 6.69. The molecule has 0 fully saturated rings. The number of hydrogen-bond donors (Lipinski definition) is 0. The molecule has 0 aliphatic heterocycles. The maximum atomic E-state index is 5.10. The molecule has 0 saturated heterocycles. The van der Waals surface area contributed by atoms with Crippen LogP contribution in [0.3, 0.4) is 0 Å². The van der Waals surface area contributed by atoms with Crippen molar-refractivity contribution in [2.24, 2.45) is 5.92 Å². The van der Waals surface area contributed by atoms with E-state index in [-0.39, 0.29) is 0 Å². The second-order valence-corrected chi connectivity index (χ2v) is 2.59. The van der Waals surface area contributed by atoms with Gasteiger partial charge in [0.25, 0.3) is 0 Å². The molecule has 1 aliphatic carbocycles. The Bertz CT molecular complexity index is 116. The van der Waals surface area contributed by atoms with Crippen molar-refractivity contribution in [1.29, 1.82) is 0 Å². The first-order valence-electron chi connectivity index (χ1n) is 3.59. The van der Waals surface area contributed by atoms with Gasteiger partial charge in [0.1, 0.15) is 0 Å². The van der Waals surface area contributed by atoms with Gasteiger partial charge < -0.3 is 4.74 Å². The molecule has 1 heteroatoms. The van der Waals surface area contributed by atoms with Crippen molar-refractivity contribution in [1.82, 2.24) is 0 Å². The monoisotopic (exact) mass is 126 g/mol. The van der Waals surface area contributed by atoms with E-state index in [0.717, 1.165) is 12.3 Å². The first-order chi connectivity index (χ1) is 4.36. The quantitative estimate of drug-likeness (QED) is 0.551. The summed E-state index contributed by atoms with van der Waals surface area (Å²) in [5, 5.41) is 0. The van der Waals surface area contributed by atoms with Crippen LogP contribution >= 0.6 is 0 Å². The van der Waals surface area contributed by atoms with E-state index in [1.807, 2.05) is 0 Å². The largest absolute Gasteiger partial charge is 0.501 e. The predicted octanol–water partition coefficient (Wildman–Crippen LogP) is 2.34. The Labute approximate surface area is 56.7 Å². The van der Waals surface area contributed by atoms with Crippen LogP contribution in [0.2, 0.25) is 0 Å². The molecule has 0 N–H and O–H groups in total. The van der Waals surface area contributed by atoms with Crippen LogP contribution in [0, 0.1) is 5.92 Å². The predicted molar refractivity (Wildman–Crippen MR) is 38.1 cm³/mol. The Morgan fingerprint density at radius 2 is 2.56 bits per heavy atom. The van der Waals surface area contributed by atoms with Crippen LogP contribution in [0.25, 0.3) is 0 Å². The molecule has 1 rings (SSSR count). The summed E-state index contributed by atoms with van der Waals surface area (Å²) in [6, 6.07) is 0. The second-order valence-electron chi connectivity index (χ2n) is 2.59. The molecule has 1 unspecified atom stereocenters. The number of methoxy groups -OCH3 is 1. The highest BCUT2D eigenvalue weighted by molar-refractivity contribution is 5.02. The Hall–Kier alpha value is -0.460. The number of hydrogen-bond acceptors (Lipinski definition) is 1. The highest BCUT2D eigenvalue weighted by Gasteiger charge is 2.14. The molecule has 0 heterocycles. The van der Waals surface area contributed by atoms with Crippen molar-refractivity contribution >= 4 is 0 Å². The summed E-state index contributed by atoms with van der Waals surface area (Å²) in [5.74, 6) is 2.04. The molecule has 1 atom stereocenters. The molecule has 0 aromatic rings. The van der Waals surface area contributed by atoms with Gasteiger partial charge in [-0.3, -0.25) is 0 Å². The van der Waals surface area contributed by atoms with Gasteiger partial charge in [-0.25, -0.2) is 0 Å². The zero-order valence-electron chi connectivity index (χ0n) is 6.18. The average Bonchev–Trinajstić information content (AvgIpc) is 2.34. The van der Waals surface area contributed by atoms with Crippen LogP contribution in [0.15, 0.2) is 11.8 Å². The lowest BCUT2D eigenvalue weighted by Gasteiger charge is -2.04. The average molecular weight is 126 g/mol. The maximum Gasteiger partial charge on any atom is 0.0918 e. The summed E-state index contributed by atoms with van der Waals surface area (Å²) in [6.45, 7) is 2.23. The number of rotatable bonds is 2. The lowest BCUT2D eigenvalue weighted by atomic mass is 10.1. The third-order valence-corrected chi connectivity index (χ3v) is 2.01. The molecular formula is C8H14O. The fourth-order valence-electron chi connectivity index (χ4n) is 1.23. The highest BCUT2D eigenvalue weighted by Crippen LogP contribution is 2.26. The summed E-state index contributed by atoms with van der Waals surface area (Å²) in [7, 11) is 1.75. The Kier molecular flexibility index (Phi) is 2.15. The van der Waals surface area contributed by atoms with E-state index in [1.165, 1.54) is 18.6 Å². The molecular weight excluding hydrogens is 112 g/mol. The van der Waals surface area contributed by atoms with Gasteiger partial charge in [0.05, 0.1) is 12.9 Å². The zero-order valence-corrected chi connectivity index (χ0v) is 6.18. The molecule has 9 heavy (non-hydrogen) atoms. The first kappa shape index (κ1) is 6.66. The third kappa shape index (κ3) is 1.47. The van der Waals surface area contributed by atoms with E-state index >= 15 is 0 Å². The lowest BCUT2D eigenvalue weighted by Crippen LogP contribution is -1.91. The van der Waals surface area contributed by atoms with E-state index in [1.54, 1.807) is 7.11 Å². The molecule has 0 bridgehead atoms. The summed E-state index contributed by atoms with van der Waals surface area (Å²) >= 11 is 0. The van der Waals surface area contributed by atoms with Gasteiger partial charge in [-0.2, -0.15) is 0 Å². The van der Waals surface area contributed by atoms with Crippen LogP contribution in [0.4, 0.5) is 0 Å². The first-order valence-corrected chi connectivity index (χ1v) is 3.59. The van der Waals surface area contributed by atoms with Crippen molar-refractivity contribution in [3.05, 3.63) is 11.8 Å². The second kappa shape index (κ2) is 2.90. The Morgan fingerprint density at radius 1 is 1.78 bits per heavy atom. The van der Waals surface area contributed by atoms with Crippen molar-refractivity contribution in [3.8, 4) is 0 Å². The van der Waals surface area contributed by atoms with Crippen molar-refractivity contribution in [3.63, 3.8) is 0 Å². The molecule has 0 saturated carbocycles. The number of ether oxygens (including phenoxy) is 1. The molecule has 0 amide bonds. The van der Waals surface area contributed by atoms with Crippen molar-refractivity contribution < 1.29 is 4.74 Å². The molecule has 1 nitrogen and oxygen atoms in total. The summed E-state index contributed by atoms with van der Waals surface area (Å²) < 4.78 is 5.10. The lowest BCUT2D eigenvalue weighted by molar-refractivity contribution is 0.272. The van der Waals surface area contributed by atoms with Gasteiger partial charge in [0.2, 0.25) is 0 Å². The number of allylic oxidation sites excluding steroid dienone is 2. The van der Waals surface area contributed by atoms with Gasteiger partial charge >= 0.3 is 0 Å². The molecule has 52 valence electrons. The van der Waals surface area contributed by atoms with Gasteiger partial charge in [-0.05, 0) is 18.4 Å². The minimum absolute atomic E-state index is 0.861. The van der Waals surface area contributed by atoms with Crippen LogP contribution in [-0.4, -0.2) is 7.11 Å². The summed E-state index contributed by atoms with van der Waals surface area (Å²) in [6.07, 6.45) is 5.87. The van der Waals surface area contributed by atoms with Crippen LogP contribution in [-0.2, 0) is 4.74 Å². The van der Waals surface area contributed by atoms with Crippen molar-refractivity contribution in [2.75, 3.05) is 7.11 Å². The third-order valence-electron chi connectivity index (χ3n) is 2.01. The minimum atomic E-state index is 0.861. The molecule has 0 spiro atoms. The SMILES string of the molecule is CCC1CC=C(OC)C1. The molecule has 0 aromatic carbocycles. The topological polar surface area (TPSA) is 9.23 Å². The Balaban J connectivity index is 2.31. The Morgan fingerprint density at radius 3 is 2.89 bits per heavy atom. The van der Waals surface area contributed by atoms with E-state index < -0.39 is 0 Å². The van der Waals surface area contributed by atoms with E-state index in [4.69, 9.17) is 4.74 Å². The van der Waals surface area contributed by atoms with Crippen LogP contribution in [0.5, 0.6) is 0 Å². The normalized spacial score (nSPS) is 26.0. The smallest absolute Gasteiger partial charge is 0.0918 e. The van der Waals surface area contributed by atoms with Gasteiger partial charge in [0, 0.05) is 6.42 Å². The molecule has 0 aromatic heterocycles. The summed E-state index contributed by atoms with van der Waals surface area (Å²) in [4.78, 5) is 0. The summed E-state index contributed by atoms with van der Waals surface area (Å²) in [5.41, 5.74) is 0. The van der Waals surface area contributed by atoms with E-state index in [9.17, 15) is 0 Å². The van der Waals surface area contributed by atoms with Gasteiger partial charge in [-0.15, -0.1) is 0 Å². The minimum Gasteiger partial charge on any atom is -0.501 e. The van der Waals surface area contributed by atoms with Gasteiger partial charge in [0.15, 0.2) is 0 Å². The van der Waals surface area contributed by atoms with E-state index in [0.29, 0.717) is 0 Å². The highest BCUT2D eigenvalue weighted by atomic mass is 16.5. The van der Waals surface area contributed by atoms with Crippen molar-refractivity contribution in [2.45, 2.75) is 26.2 Å². The fourth-order valence-corrected chi connectivity index (χ4v) is 1.23. The van der Waals surface area contributed by atoms with Gasteiger partial charge in [-0.1, -0.05) is 13.3 Å².